The minimum Gasteiger partial charge on any atom is -0.478 e. The summed E-state index contributed by atoms with van der Waals surface area (Å²) in [4.78, 5) is 33.0. The molecule has 2 rings (SSSR count). The summed E-state index contributed by atoms with van der Waals surface area (Å²) in [5, 5.41) is 27.0. The highest BCUT2D eigenvalue weighted by atomic mass is 16.4. The maximum absolute atomic E-state index is 11.0. The molecule has 0 aliphatic heterocycles. The van der Waals surface area contributed by atoms with Crippen molar-refractivity contribution in [2.24, 2.45) is 0 Å². The largest absolute Gasteiger partial charge is 0.478 e. The molecule has 2 aromatic carbocycles. The summed E-state index contributed by atoms with van der Waals surface area (Å²) in [7, 11) is 0. The topological polar surface area (TPSA) is 112 Å². The molecule has 0 spiro atoms. The molecule has 0 heterocycles. The van der Waals surface area contributed by atoms with E-state index in [9.17, 15) is 14.4 Å². The monoisotopic (exact) mass is 285 g/mol. The maximum atomic E-state index is 11.0. The minimum absolute atomic E-state index is 0.00125. The zero-order chi connectivity index (χ0) is 15.6. The Morgan fingerprint density at radius 3 is 1.76 bits per heavy atom. The first-order valence-electron chi connectivity index (χ1n) is 5.75. The number of carboxylic acids is 3. The van der Waals surface area contributed by atoms with Crippen LogP contribution in [0.4, 0.5) is 0 Å². The van der Waals surface area contributed by atoms with Crippen LogP contribution in [-0.2, 0) is 0 Å². The van der Waals surface area contributed by atoms with E-state index in [0.29, 0.717) is 5.56 Å². The van der Waals surface area contributed by atoms with Gasteiger partial charge in [-0.1, -0.05) is 6.07 Å². The van der Waals surface area contributed by atoms with Gasteiger partial charge in [-0.25, -0.2) is 14.4 Å². The fraction of sp³-hybridized carbons (Fsp3) is 0. The molecule has 0 aromatic heterocycles. The fourth-order valence-corrected chi connectivity index (χ4v) is 1.80. The lowest BCUT2D eigenvalue weighted by Crippen LogP contribution is -2.03. The summed E-state index contributed by atoms with van der Waals surface area (Å²) in [6.07, 6.45) is 0. The number of carbonyl (C=O) groups is 3. The van der Waals surface area contributed by atoms with E-state index in [4.69, 9.17) is 15.3 Å². The molecule has 0 saturated heterocycles. The van der Waals surface area contributed by atoms with E-state index < -0.39 is 17.9 Å². The van der Waals surface area contributed by atoms with Crippen molar-refractivity contribution in [2.45, 2.75) is 0 Å². The van der Waals surface area contributed by atoms with Crippen LogP contribution in [0, 0.1) is 6.07 Å². The molecule has 3 N–H and O–H groups in total. The zero-order valence-corrected chi connectivity index (χ0v) is 10.5. The van der Waals surface area contributed by atoms with Gasteiger partial charge in [-0.15, -0.1) is 0 Å². The van der Waals surface area contributed by atoms with Crippen molar-refractivity contribution in [2.75, 3.05) is 0 Å². The lowest BCUT2D eigenvalue weighted by atomic mass is 9.98. The molecule has 0 aliphatic rings. The van der Waals surface area contributed by atoms with Crippen molar-refractivity contribution < 1.29 is 29.7 Å². The molecule has 0 amide bonds. The lowest BCUT2D eigenvalue weighted by molar-refractivity contribution is 0.0682. The lowest BCUT2D eigenvalue weighted by Gasteiger charge is -2.06. The molecule has 0 bridgehead atoms. The average molecular weight is 285 g/mol. The van der Waals surface area contributed by atoms with Gasteiger partial charge in [-0.3, -0.25) is 0 Å². The highest BCUT2D eigenvalue weighted by Gasteiger charge is 2.13. The first-order valence-corrected chi connectivity index (χ1v) is 5.75. The zero-order valence-electron chi connectivity index (χ0n) is 10.5. The van der Waals surface area contributed by atoms with Gasteiger partial charge >= 0.3 is 17.9 Å². The minimum atomic E-state index is -1.27. The molecule has 2 aromatic rings. The number of hydrogen-bond donors (Lipinski definition) is 3. The average Bonchev–Trinajstić information content (AvgIpc) is 2.46. The van der Waals surface area contributed by atoms with Crippen molar-refractivity contribution in [3.8, 4) is 11.1 Å². The summed E-state index contributed by atoms with van der Waals surface area (Å²) in [6, 6.07) is 10.4. The third-order valence-corrected chi connectivity index (χ3v) is 2.79. The predicted molar refractivity (Wildman–Crippen MR) is 71.6 cm³/mol. The molecule has 0 aliphatic carbocycles. The van der Waals surface area contributed by atoms with Crippen LogP contribution in [0.25, 0.3) is 11.1 Å². The summed E-state index contributed by atoms with van der Waals surface area (Å²) < 4.78 is 0. The third kappa shape index (κ3) is 3.06. The quantitative estimate of drug-likeness (QED) is 0.794. The van der Waals surface area contributed by atoms with Crippen LogP contribution in [0.1, 0.15) is 31.1 Å². The normalized spacial score (nSPS) is 10.1. The second-order valence-corrected chi connectivity index (χ2v) is 4.21. The van der Waals surface area contributed by atoms with E-state index in [1.54, 1.807) is 0 Å². The first kappa shape index (κ1) is 14.3. The van der Waals surface area contributed by atoms with Gasteiger partial charge in [0.05, 0.1) is 16.7 Å². The summed E-state index contributed by atoms with van der Waals surface area (Å²) in [5.41, 5.74) is 0.190. The van der Waals surface area contributed by atoms with E-state index >= 15 is 0 Å². The van der Waals surface area contributed by atoms with Crippen molar-refractivity contribution in [3.05, 3.63) is 59.2 Å². The SMILES string of the molecule is O=C(O)c1cc[c]c(-c2cc(C(=O)O)cc(C(=O)O)c2)c1. The van der Waals surface area contributed by atoms with Crippen LogP contribution in [0.5, 0.6) is 0 Å². The van der Waals surface area contributed by atoms with Gasteiger partial charge in [0.25, 0.3) is 0 Å². The summed E-state index contributed by atoms with van der Waals surface area (Å²) in [5.74, 6) is -3.68. The van der Waals surface area contributed by atoms with Gasteiger partial charge < -0.3 is 15.3 Å². The highest BCUT2D eigenvalue weighted by Crippen LogP contribution is 2.23. The summed E-state index contributed by atoms with van der Waals surface area (Å²) in [6.45, 7) is 0. The van der Waals surface area contributed by atoms with Gasteiger partial charge in [0.1, 0.15) is 0 Å². The molecule has 21 heavy (non-hydrogen) atoms. The number of aromatic carboxylic acids is 3. The van der Waals surface area contributed by atoms with E-state index in [0.717, 1.165) is 6.07 Å². The highest BCUT2D eigenvalue weighted by molar-refractivity contribution is 5.96. The Balaban J connectivity index is 2.62. The first-order chi connectivity index (χ1) is 9.88. The number of hydrogen-bond acceptors (Lipinski definition) is 3. The van der Waals surface area contributed by atoms with Crippen LogP contribution in [-0.4, -0.2) is 33.2 Å². The van der Waals surface area contributed by atoms with E-state index in [1.807, 2.05) is 0 Å². The molecule has 0 saturated carbocycles. The second kappa shape index (κ2) is 5.46. The van der Waals surface area contributed by atoms with Crippen molar-refractivity contribution in [1.82, 2.24) is 0 Å². The van der Waals surface area contributed by atoms with Crippen LogP contribution in [0.3, 0.4) is 0 Å². The maximum Gasteiger partial charge on any atom is 0.335 e. The van der Waals surface area contributed by atoms with E-state index in [2.05, 4.69) is 6.07 Å². The molecule has 6 nitrogen and oxygen atoms in total. The van der Waals surface area contributed by atoms with Crippen molar-refractivity contribution in [1.29, 1.82) is 0 Å². The Kier molecular flexibility index (Phi) is 3.71. The Labute approximate surface area is 118 Å². The number of carboxylic acid groups (broad SMARTS) is 3. The van der Waals surface area contributed by atoms with Crippen LogP contribution >= 0.6 is 0 Å². The van der Waals surface area contributed by atoms with Gasteiger partial charge in [-0.2, -0.15) is 0 Å². The molecule has 0 unspecified atom stereocenters. The Morgan fingerprint density at radius 1 is 0.762 bits per heavy atom. The van der Waals surface area contributed by atoms with E-state index in [1.165, 1.54) is 30.3 Å². The third-order valence-electron chi connectivity index (χ3n) is 2.79. The Morgan fingerprint density at radius 2 is 1.29 bits per heavy atom. The van der Waals surface area contributed by atoms with Crippen molar-refractivity contribution in [3.63, 3.8) is 0 Å². The molecule has 105 valence electrons. The standard InChI is InChI=1S/C15H9O6/c16-13(17)9-3-1-2-8(4-9)10-5-11(14(18)19)7-12(6-10)15(20)21/h1,3-7H,(H,16,17)(H,18,19)(H,20,21). The van der Waals surface area contributed by atoms with Crippen LogP contribution in [0.2, 0.25) is 0 Å². The number of benzene rings is 2. The van der Waals surface area contributed by atoms with Gasteiger partial charge in [-0.05, 0) is 47.5 Å². The van der Waals surface area contributed by atoms with Gasteiger partial charge in [0.2, 0.25) is 0 Å². The fourth-order valence-electron chi connectivity index (χ4n) is 1.80. The van der Waals surface area contributed by atoms with Gasteiger partial charge in [0.15, 0.2) is 0 Å². The number of rotatable bonds is 4. The molecule has 0 fully saturated rings. The molecular weight excluding hydrogens is 276 g/mol. The summed E-state index contributed by atoms with van der Waals surface area (Å²) >= 11 is 0. The molecule has 0 atom stereocenters. The van der Waals surface area contributed by atoms with E-state index in [-0.39, 0.29) is 22.3 Å². The Bertz CT molecular complexity index is 715. The Hall–Kier alpha value is -3.15. The molecular formula is C15H9O6. The predicted octanol–water partition coefficient (Wildman–Crippen LogP) is 2.25. The van der Waals surface area contributed by atoms with Gasteiger partial charge in [0, 0.05) is 0 Å². The molecule has 6 heteroatoms. The van der Waals surface area contributed by atoms with Crippen LogP contribution < -0.4 is 0 Å². The second-order valence-electron chi connectivity index (χ2n) is 4.21. The molecule has 1 radical (unpaired) electrons. The van der Waals surface area contributed by atoms with Crippen molar-refractivity contribution >= 4 is 17.9 Å². The smallest absolute Gasteiger partial charge is 0.335 e. The van der Waals surface area contributed by atoms with Crippen LogP contribution in [0.15, 0.2) is 36.4 Å².